The molecule has 2 amide bonds. The first-order valence-electron chi connectivity index (χ1n) is 6.39. The van der Waals surface area contributed by atoms with Gasteiger partial charge in [0.25, 0.3) is 0 Å². The van der Waals surface area contributed by atoms with Crippen molar-refractivity contribution in [1.82, 2.24) is 20.7 Å². The number of hydrogen-bond donors (Lipinski definition) is 3. The average molecular weight is 273 g/mol. The van der Waals surface area contributed by atoms with E-state index in [1.54, 1.807) is 42.5 Å². The molecular weight excluding hydrogens is 258 g/mol. The average Bonchev–Trinajstić information content (AvgIpc) is 2.84. The van der Waals surface area contributed by atoms with Crippen LogP contribution in [0.15, 0.2) is 36.3 Å². The Balaban J connectivity index is 1.68. The van der Waals surface area contributed by atoms with Crippen molar-refractivity contribution in [3.8, 4) is 0 Å². The van der Waals surface area contributed by atoms with Crippen LogP contribution in [0.1, 0.15) is 13.3 Å². The van der Waals surface area contributed by atoms with Crippen LogP contribution in [-0.4, -0.2) is 33.9 Å². The lowest BCUT2D eigenvalue weighted by molar-refractivity contribution is -0.125. The molecule has 0 spiro atoms. The number of hydrazine groups is 1. The molecule has 3 N–H and O–H groups in total. The van der Waals surface area contributed by atoms with Crippen molar-refractivity contribution in [2.75, 3.05) is 5.32 Å². The summed E-state index contributed by atoms with van der Waals surface area (Å²) in [7, 11) is 0. The Kier molecular flexibility index (Phi) is 3.11. The topological polar surface area (TPSA) is 86.4 Å². The van der Waals surface area contributed by atoms with E-state index in [1.165, 1.54) is 0 Å². The fourth-order valence-corrected chi connectivity index (χ4v) is 2.35. The Hall–Kier alpha value is -2.41. The Bertz CT molecular complexity index is 571. The number of anilines is 1. The standard InChI is InChI=1S/C13H15N5O2/c1-8-7-18-10(13(20)15-8)6-9(17-18)12(19)16-11-4-2-3-5-14-11/h2-5,7,9-10,17H,6H2,1H3,(H,15,20)(H,14,16,19). The Morgan fingerprint density at radius 2 is 2.35 bits per heavy atom. The van der Waals surface area contributed by atoms with Crippen molar-refractivity contribution in [3.05, 3.63) is 36.3 Å². The molecule has 2 aliphatic heterocycles. The predicted molar refractivity (Wildman–Crippen MR) is 71.9 cm³/mol. The molecule has 3 heterocycles. The summed E-state index contributed by atoms with van der Waals surface area (Å²) in [5.41, 5.74) is 3.78. The highest BCUT2D eigenvalue weighted by Crippen LogP contribution is 2.20. The zero-order valence-corrected chi connectivity index (χ0v) is 11.0. The molecule has 2 atom stereocenters. The highest BCUT2D eigenvalue weighted by molar-refractivity contribution is 5.95. The third kappa shape index (κ3) is 2.35. The van der Waals surface area contributed by atoms with Gasteiger partial charge in [0.1, 0.15) is 17.9 Å². The van der Waals surface area contributed by atoms with Crippen molar-refractivity contribution in [2.24, 2.45) is 0 Å². The molecule has 7 nitrogen and oxygen atoms in total. The normalized spacial score (nSPS) is 24.8. The Morgan fingerprint density at radius 3 is 3.10 bits per heavy atom. The number of amides is 2. The van der Waals surface area contributed by atoms with Gasteiger partial charge in [0.05, 0.1) is 0 Å². The van der Waals surface area contributed by atoms with Crippen LogP contribution in [0.3, 0.4) is 0 Å². The second-order valence-corrected chi connectivity index (χ2v) is 4.85. The van der Waals surface area contributed by atoms with Gasteiger partial charge in [0.15, 0.2) is 0 Å². The first kappa shape index (κ1) is 12.6. The van der Waals surface area contributed by atoms with Crippen LogP contribution in [0.25, 0.3) is 0 Å². The van der Waals surface area contributed by atoms with Crippen molar-refractivity contribution >= 4 is 17.6 Å². The van der Waals surface area contributed by atoms with E-state index in [2.05, 4.69) is 21.0 Å². The number of fused-ring (bicyclic) bond motifs is 1. The van der Waals surface area contributed by atoms with Gasteiger partial charge in [-0.25, -0.2) is 10.4 Å². The summed E-state index contributed by atoms with van der Waals surface area (Å²) in [6.07, 6.45) is 3.83. The van der Waals surface area contributed by atoms with Crippen LogP contribution in [0.5, 0.6) is 0 Å². The summed E-state index contributed by atoms with van der Waals surface area (Å²) < 4.78 is 0. The van der Waals surface area contributed by atoms with Crippen molar-refractivity contribution in [2.45, 2.75) is 25.4 Å². The molecule has 0 aliphatic carbocycles. The molecule has 104 valence electrons. The minimum atomic E-state index is -0.449. The molecule has 0 bridgehead atoms. The molecule has 2 aliphatic rings. The maximum atomic E-state index is 12.2. The van der Waals surface area contributed by atoms with Gasteiger partial charge >= 0.3 is 0 Å². The minimum Gasteiger partial charge on any atom is -0.327 e. The van der Waals surface area contributed by atoms with Crippen LogP contribution < -0.4 is 16.1 Å². The molecule has 0 radical (unpaired) electrons. The number of pyridine rings is 1. The summed E-state index contributed by atoms with van der Waals surface area (Å²) in [5.74, 6) is 0.211. The van der Waals surface area contributed by atoms with Crippen LogP contribution in [-0.2, 0) is 9.59 Å². The fourth-order valence-electron chi connectivity index (χ4n) is 2.35. The van der Waals surface area contributed by atoms with Crippen molar-refractivity contribution in [1.29, 1.82) is 0 Å². The number of nitrogens with one attached hydrogen (secondary N) is 3. The first-order valence-corrected chi connectivity index (χ1v) is 6.39. The summed E-state index contributed by atoms with van der Waals surface area (Å²) in [4.78, 5) is 28.0. The van der Waals surface area contributed by atoms with Crippen LogP contribution in [0.2, 0.25) is 0 Å². The summed E-state index contributed by atoms with van der Waals surface area (Å²) in [5, 5.41) is 7.18. The molecule has 1 saturated heterocycles. The molecule has 1 aromatic heterocycles. The number of hydrogen-bond acceptors (Lipinski definition) is 5. The van der Waals surface area contributed by atoms with Gasteiger partial charge in [-0.3, -0.25) is 9.59 Å². The predicted octanol–water partition coefficient (Wildman–Crippen LogP) is -0.0413. The summed E-state index contributed by atoms with van der Waals surface area (Å²) >= 11 is 0. The molecule has 0 saturated carbocycles. The molecule has 7 heteroatoms. The maximum Gasteiger partial charge on any atom is 0.248 e. The van der Waals surface area contributed by atoms with Crippen LogP contribution in [0, 0.1) is 0 Å². The number of carbonyl (C=O) groups excluding carboxylic acids is 2. The van der Waals surface area contributed by atoms with E-state index >= 15 is 0 Å². The monoisotopic (exact) mass is 273 g/mol. The van der Waals surface area contributed by atoms with Gasteiger partial charge in [-0.1, -0.05) is 6.07 Å². The molecular formula is C13H15N5O2. The van der Waals surface area contributed by atoms with E-state index in [-0.39, 0.29) is 17.9 Å². The summed E-state index contributed by atoms with van der Waals surface area (Å²) in [6, 6.07) is 4.50. The van der Waals surface area contributed by atoms with Gasteiger partial charge in [-0.15, -0.1) is 0 Å². The molecule has 0 aromatic carbocycles. The van der Waals surface area contributed by atoms with Gasteiger partial charge in [-0.2, -0.15) is 0 Å². The number of allylic oxidation sites excluding steroid dienone is 1. The fraction of sp³-hybridized carbons (Fsp3) is 0.308. The zero-order valence-electron chi connectivity index (χ0n) is 11.0. The first-order chi connectivity index (χ1) is 9.63. The van der Waals surface area contributed by atoms with E-state index in [9.17, 15) is 9.59 Å². The summed E-state index contributed by atoms with van der Waals surface area (Å²) in [6.45, 7) is 1.80. The van der Waals surface area contributed by atoms with E-state index in [4.69, 9.17) is 0 Å². The SMILES string of the molecule is CC1=CN2NC(C(=O)Nc3ccccn3)CC2C(=O)N1. The number of aromatic nitrogens is 1. The molecule has 2 unspecified atom stereocenters. The minimum absolute atomic E-state index is 0.0920. The second kappa shape index (κ2) is 4.93. The van der Waals surface area contributed by atoms with E-state index in [0.29, 0.717) is 12.2 Å². The van der Waals surface area contributed by atoms with Gasteiger partial charge in [0.2, 0.25) is 11.8 Å². The third-order valence-electron chi connectivity index (χ3n) is 3.29. The molecule has 1 aromatic rings. The maximum absolute atomic E-state index is 12.2. The van der Waals surface area contributed by atoms with Gasteiger partial charge in [-0.05, 0) is 19.1 Å². The molecule has 20 heavy (non-hydrogen) atoms. The lowest BCUT2D eigenvalue weighted by Crippen LogP contribution is -2.48. The van der Waals surface area contributed by atoms with Crippen LogP contribution in [0.4, 0.5) is 5.82 Å². The number of carbonyl (C=O) groups is 2. The largest absolute Gasteiger partial charge is 0.327 e. The van der Waals surface area contributed by atoms with Gasteiger partial charge in [0, 0.05) is 24.5 Å². The van der Waals surface area contributed by atoms with Crippen molar-refractivity contribution < 1.29 is 9.59 Å². The Morgan fingerprint density at radius 1 is 1.50 bits per heavy atom. The molecule has 1 fully saturated rings. The smallest absolute Gasteiger partial charge is 0.248 e. The van der Waals surface area contributed by atoms with Gasteiger partial charge < -0.3 is 15.6 Å². The zero-order chi connectivity index (χ0) is 14.1. The number of rotatable bonds is 2. The molecule has 3 rings (SSSR count). The lowest BCUT2D eigenvalue weighted by atomic mass is 10.1. The van der Waals surface area contributed by atoms with Crippen LogP contribution >= 0.6 is 0 Å². The second-order valence-electron chi connectivity index (χ2n) is 4.85. The Labute approximate surface area is 116 Å². The number of nitrogens with zero attached hydrogens (tertiary/aromatic N) is 2. The lowest BCUT2D eigenvalue weighted by Gasteiger charge is -2.27. The quantitative estimate of drug-likeness (QED) is 0.704. The van der Waals surface area contributed by atoms with E-state index < -0.39 is 6.04 Å². The van der Waals surface area contributed by atoms with E-state index in [0.717, 1.165) is 5.70 Å². The third-order valence-corrected chi connectivity index (χ3v) is 3.29. The highest BCUT2D eigenvalue weighted by atomic mass is 16.2. The van der Waals surface area contributed by atoms with Crippen molar-refractivity contribution in [3.63, 3.8) is 0 Å². The van der Waals surface area contributed by atoms with E-state index in [1.807, 2.05) is 0 Å². The highest BCUT2D eigenvalue weighted by Gasteiger charge is 2.40.